The van der Waals surface area contributed by atoms with Crippen molar-refractivity contribution in [2.75, 3.05) is 17.1 Å². The predicted molar refractivity (Wildman–Crippen MR) is 115 cm³/mol. The molecular formula is C23H20N2O4S. The summed E-state index contributed by atoms with van der Waals surface area (Å²) in [4.78, 5) is 35.1. The van der Waals surface area contributed by atoms with Crippen LogP contribution in [0.4, 0.5) is 11.4 Å². The molecule has 2 saturated heterocycles. The number of anilines is 2. The van der Waals surface area contributed by atoms with Crippen LogP contribution in [0.5, 0.6) is 5.75 Å². The molecular weight excluding hydrogens is 400 g/mol. The number of nitrogens with zero attached hydrogens (tertiary/aromatic N) is 2. The average Bonchev–Trinajstić information content (AvgIpc) is 3.46. The molecule has 152 valence electrons. The number of benzene rings is 2. The highest BCUT2D eigenvalue weighted by atomic mass is 32.1. The minimum atomic E-state index is -0.855. The molecule has 2 aliphatic rings. The van der Waals surface area contributed by atoms with Gasteiger partial charge in [0.15, 0.2) is 6.10 Å². The highest BCUT2D eigenvalue weighted by Crippen LogP contribution is 2.49. The number of methoxy groups -OCH3 is 1. The Morgan fingerprint density at radius 2 is 1.73 bits per heavy atom. The third-order valence-corrected chi connectivity index (χ3v) is 6.58. The summed E-state index contributed by atoms with van der Waals surface area (Å²) in [6.07, 6.45) is -0.855. The number of rotatable bonds is 4. The van der Waals surface area contributed by atoms with E-state index in [1.807, 2.05) is 48.7 Å². The topological polar surface area (TPSA) is 59.1 Å². The highest BCUT2D eigenvalue weighted by Gasteiger charge is 2.60. The van der Waals surface area contributed by atoms with Crippen molar-refractivity contribution in [2.45, 2.75) is 19.1 Å². The maximum atomic E-state index is 13.5. The van der Waals surface area contributed by atoms with Gasteiger partial charge in [0.2, 0.25) is 5.91 Å². The van der Waals surface area contributed by atoms with E-state index in [4.69, 9.17) is 9.57 Å². The molecule has 7 heteroatoms. The minimum Gasteiger partial charge on any atom is -0.497 e. The summed E-state index contributed by atoms with van der Waals surface area (Å²) in [5.74, 6) is -0.535. The fraction of sp³-hybridized carbons (Fsp3) is 0.217. The van der Waals surface area contributed by atoms with Crippen molar-refractivity contribution in [1.29, 1.82) is 0 Å². The first-order valence-electron chi connectivity index (χ1n) is 9.67. The summed E-state index contributed by atoms with van der Waals surface area (Å²) in [5, 5.41) is 3.72. The van der Waals surface area contributed by atoms with Gasteiger partial charge in [-0.25, -0.2) is 9.96 Å². The summed E-state index contributed by atoms with van der Waals surface area (Å²) in [5.41, 5.74) is 2.41. The van der Waals surface area contributed by atoms with Crippen LogP contribution in [0.1, 0.15) is 16.5 Å². The van der Waals surface area contributed by atoms with E-state index in [1.165, 1.54) is 4.90 Å². The fourth-order valence-corrected chi connectivity index (χ4v) is 5.02. The van der Waals surface area contributed by atoms with Crippen molar-refractivity contribution >= 4 is 34.5 Å². The molecule has 5 rings (SSSR count). The summed E-state index contributed by atoms with van der Waals surface area (Å²) >= 11 is 1.56. The van der Waals surface area contributed by atoms with Crippen LogP contribution in [0.2, 0.25) is 0 Å². The number of ether oxygens (including phenoxy) is 1. The van der Waals surface area contributed by atoms with Crippen LogP contribution < -0.4 is 14.7 Å². The third kappa shape index (κ3) is 2.81. The van der Waals surface area contributed by atoms with Crippen LogP contribution in [-0.4, -0.2) is 25.0 Å². The van der Waals surface area contributed by atoms with Gasteiger partial charge in [0.1, 0.15) is 17.7 Å². The lowest BCUT2D eigenvalue weighted by Gasteiger charge is -2.28. The number of carbonyl (C=O) groups excluding carboxylic acids is 2. The number of imide groups is 1. The van der Waals surface area contributed by atoms with E-state index < -0.39 is 12.0 Å². The van der Waals surface area contributed by atoms with Crippen molar-refractivity contribution in [3.05, 3.63) is 76.5 Å². The molecule has 0 radical (unpaired) electrons. The molecule has 3 aromatic rings. The quantitative estimate of drug-likeness (QED) is 0.595. The molecule has 0 spiro atoms. The molecule has 0 bridgehead atoms. The van der Waals surface area contributed by atoms with E-state index in [1.54, 1.807) is 47.8 Å². The number of thiophene rings is 1. The Kier molecular flexibility index (Phi) is 4.56. The lowest BCUT2D eigenvalue weighted by atomic mass is 9.95. The second-order valence-electron chi connectivity index (χ2n) is 7.33. The number of aryl methyl sites for hydroxylation is 1. The van der Waals surface area contributed by atoms with Gasteiger partial charge >= 0.3 is 0 Å². The molecule has 0 aliphatic carbocycles. The van der Waals surface area contributed by atoms with Gasteiger partial charge in [0.25, 0.3) is 5.91 Å². The lowest BCUT2D eigenvalue weighted by molar-refractivity contribution is -0.126. The first kappa shape index (κ1) is 18.8. The predicted octanol–water partition coefficient (Wildman–Crippen LogP) is 4.12. The second-order valence-corrected chi connectivity index (χ2v) is 8.31. The van der Waals surface area contributed by atoms with Gasteiger partial charge in [0.05, 0.1) is 18.5 Å². The molecule has 2 fully saturated rings. The Labute approximate surface area is 178 Å². The SMILES string of the molecule is COc1ccc(N2C(=O)[C@@H]3[C@H](ON(c4ccccc4C)[C@H]3c3cccs3)C2=O)cc1. The zero-order valence-electron chi connectivity index (χ0n) is 16.5. The molecule has 30 heavy (non-hydrogen) atoms. The van der Waals surface area contributed by atoms with Crippen molar-refractivity contribution in [3.63, 3.8) is 0 Å². The monoisotopic (exact) mass is 420 g/mol. The molecule has 1 aromatic heterocycles. The molecule has 0 N–H and O–H groups in total. The Morgan fingerprint density at radius 1 is 0.967 bits per heavy atom. The number of hydrogen-bond acceptors (Lipinski definition) is 6. The largest absolute Gasteiger partial charge is 0.497 e. The second kappa shape index (κ2) is 7.27. The minimum absolute atomic E-state index is 0.246. The normalized spacial score (nSPS) is 23.2. The molecule has 0 saturated carbocycles. The van der Waals surface area contributed by atoms with Crippen molar-refractivity contribution in [1.82, 2.24) is 0 Å². The number of amides is 2. The number of hydrogen-bond donors (Lipinski definition) is 0. The Bertz CT molecular complexity index is 1100. The number of hydroxylamine groups is 1. The number of fused-ring (bicyclic) bond motifs is 1. The van der Waals surface area contributed by atoms with Crippen LogP contribution in [0.15, 0.2) is 66.0 Å². The van der Waals surface area contributed by atoms with E-state index in [0.717, 1.165) is 16.1 Å². The molecule has 3 heterocycles. The molecule has 2 aliphatic heterocycles. The van der Waals surface area contributed by atoms with E-state index >= 15 is 0 Å². The van der Waals surface area contributed by atoms with Crippen molar-refractivity contribution < 1.29 is 19.2 Å². The molecule has 6 nitrogen and oxygen atoms in total. The summed E-state index contributed by atoms with van der Waals surface area (Å²) < 4.78 is 5.18. The number of carbonyl (C=O) groups is 2. The van der Waals surface area contributed by atoms with E-state index in [2.05, 4.69) is 0 Å². The van der Waals surface area contributed by atoms with E-state index in [9.17, 15) is 9.59 Å². The van der Waals surface area contributed by atoms with Crippen molar-refractivity contribution in [2.24, 2.45) is 5.92 Å². The molecule has 2 aromatic carbocycles. The first-order chi connectivity index (χ1) is 14.6. The van der Waals surface area contributed by atoms with Gasteiger partial charge in [-0.1, -0.05) is 24.3 Å². The molecule has 3 atom stereocenters. The van der Waals surface area contributed by atoms with Gasteiger partial charge in [-0.05, 0) is 54.3 Å². The Balaban J connectivity index is 1.55. The smallest absolute Gasteiger partial charge is 0.266 e. The summed E-state index contributed by atoms with van der Waals surface area (Å²) in [7, 11) is 1.57. The van der Waals surface area contributed by atoms with E-state index in [-0.39, 0.29) is 17.9 Å². The zero-order valence-corrected chi connectivity index (χ0v) is 17.3. The standard InChI is InChI=1S/C23H20N2O4S/c1-14-6-3-4-7-17(14)25-20(18-8-5-13-30-18)19-21(29-25)23(27)24(22(19)26)15-9-11-16(28-2)12-10-15/h3-13,19-21H,1-2H3/t19-,20-,21-/m0/s1. The van der Waals surface area contributed by atoms with E-state index in [0.29, 0.717) is 11.4 Å². The van der Waals surface area contributed by atoms with Gasteiger partial charge in [-0.2, -0.15) is 0 Å². The molecule has 2 amide bonds. The summed E-state index contributed by atoms with van der Waals surface area (Å²) in [6.45, 7) is 1.99. The Hall–Kier alpha value is -3.16. The molecule has 0 unspecified atom stereocenters. The van der Waals surface area contributed by atoms with Crippen LogP contribution in [-0.2, 0) is 14.4 Å². The van der Waals surface area contributed by atoms with Crippen LogP contribution in [0.25, 0.3) is 0 Å². The van der Waals surface area contributed by atoms with Gasteiger partial charge < -0.3 is 4.74 Å². The van der Waals surface area contributed by atoms with Gasteiger partial charge in [-0.15, -0.1) is 11.3 Å². The zero-order chi connectivity index (χ0) is 20.8. The average molecular weight is 420 g/mol. The van der Waals surface area contributed by atoms with Crippen LogP contribution in [0.3, 0.4) is 0 Å². The van der Waals surface area contributed by atoms with Crippen LogP contribution in [0, 0.1) is 12.8 Å². The maximum absolute atomic E-state index is 13.5. The van der Waals surface area contributed by atoms with Gasteiger partial charge in [0, 0.05) is 4.88 Å². The van der Waals surface area contributed by atoms with Gasteiger partial charge in [-0.3, -0.25) is 14.4 Å². The third-order valence-electron chi connectivity index (χ3n) is 5.63. The van der Waals surface area contributed by atoms with Crippen LogP contribution >= 0.6 is 11.3 Å². The fourth-order valence-electron chi connectivity index (χ4n) is 4.17. The lowest BCUT2D eigenvalue weighted by Crippen LogP contribution is -2.37. The number of para-hydroxylation sites is 1. The first-order valence-corrected chi connectivity index (χ1v) is 10.5. The highest BCUT2D eigenvalue weighted by molar-refractivity contribution is 7.10. The Morgan fingerprint density at radius 3 is 2.40 bits per heavy atom. The summed E-state index contributed by atoms with van der Waals surface area (Å²) in [6, 6.07) is 18.3. The maximum Gasteiger partial charge on any atom is 0.266 e. The van der Waals surface area contributed by atoms with Crippen molar-refractivity contribution in [3.8, 4) is 5.75 Å².